The Balaban J connectivity index is 2.15. The Kier molecular flexibility index (Phi) is 4.69. The largest absolute Gasteiger partial charge is 0.462 e. The van der Waals surface area contributed by atoms with Gasteiger partial charge >= 0.3 is 5.97 Å². The van der Waals surface area contributed by atoms with Crippen LogP contribution < -0.4 is 0 Å². The summed E-state index contributed by atoms with van der Waals surface area (Å²) < 4.78 is 5.16. The molecule has 0 atom stereocenters. The minimum Gasteiger partial charge on any atom is -0.462 e. The fraction of sp³-hybridized carbons (Fsp3) is 0.118. The van der Waals surface area contributed by atoms with Crippen molar-refractivity contribution in [1.29, 1.82) is 0 Å². The van der Waals surface area contributed by atoms with Crippen molar-refractivity contribution in [3.05, 3.63) is 58.7 Å². The molecule has 0 aliphatic carbocycles. The monoisotopic (exact) mass is 344 g/mol. The second-order valence-corrected chi connectivity index (χ2v) is 6.04. The molecule has 116 valence electrons. The Bertz CT molecular complexity index is 834. The summed E-state index contributed by atoms with van der Waals surface area (Å²) in [6.45, 7) is 2.08. The summed E-state index contributed by atoms with van der Waals surface area (Å²) in [4.78, 5) is 21.4. The maximum Gasteiger partial charge on any atom is 0.350 e. The Morgan fingerprint density at radius 2 is 1.96 bits per heavy atom. The number of esters is 1. The molecule has 0 saturated heterocycles. The summed E-state index contributed by atoms with van der Waals surface area (Å²) in [7, 11) is 0. The molecule has 0 aliphatic rings. The van der Waals surface area contributed by atoms with E-state index in [-0.39, 0.29) is 5.97 Å². The van der Waals surface area contributed by atoms with Gasteiger partial charge in [0.25, 0.3) is 0 Å². The van der Waals surface area contributed by atoms with Gasteiger partial charge in [-0.2, -0.15) is 0 Å². The Hall–Kier alpha value is -2.24. The van der Waals surface area contributed by atoms with Crippen LogP contribution in [0.3, 0.4) is 0 Å². The zero-order valence-electron chi connectivity index (χ0n) is 12.3. The van der Waals surface area contributed by atoms with Gasteiger partial charge in [0, 0.05) is 23.5 Å². The van der Waals surface area contributed by atoms with Crippen molar-refractivity contribution in [3.8, 4) is 21.8 Å². The zero-order chi connectivity index (χ0) is 16.2. The predicted octanol–water partition coefficient (Wildman–Crippen LogP) is 4.70. The highest BCUT2D eigenvalue weighted by Gasteiger charge is 2.22. The molecule has 2 heterocycles. The number of benzene rings is 1. The molecule has 4 nitrogen and oxygen atoms in total. The van der Waals surface area contributed by atoms with Crippen LogP contribution in [0.2, 0.25) is 5.02 Å². The van der Waals surface area contributed by atoms with E-state index in [9.17, 15) is 4.79 Å². The standard InChI is InChI=1S/C17H13ClN2O2S/c1-2-22-17(21)15-14(12-5-3-4-6-13(12)18)20-16(23-15)11-7-9-19-10-8-11/h3-10H,2H2,1H3. The number of hydrogen-bond acceptors (Lipinski definition) is 5. The van der Waals surface area contributed by atoms with E-state index in [2.05, 4.69) is 9.97 Å². The third-order valence-corrected chi connectivity index (χ3v) is 4.56. The van der Waals surface area contributed by atoms with Gasteiger partial charge in [-0.1, -0.05) is 29.8 Å². The average Bonchev–Trinajstić information content (AvgIpc) is 3.01. The van der Waals surface area contributed by atoms with Gasteiger partial charge in [0.15, 0.2) is 0 Å². The van der Waals surface area contributed by atoms with E-state index in [0.29, 0.717) is 27.8 Å². The fourth-order valence-corrected chi connectivity index (χ4v) is 3.31. The lowest BCUT2D eigenvalue weighted by molar-refractivity contribution is 0.0532. The molecular formula is C17H13ClN2O2S. The highest BCUT2D eigenvalue weighted by atomic mass is 35.5. The normalized spacial score (nSPS) is 10.5. The Morgan fingerprint density at radius 1 is 1.22 bits per heavy atom. The lowest BCUT2D eigenvalue weighted by Gasteiger charge is -2.04. The topological polar surface area (TPSA) is 52.1 Å². The molecule has 0 amide bonds. The van der Waals surface area contributed by atoms with Crippen molar-refractivity contribution in [1.82, 2.24) is 9.97 Å². The number of rotatable bonds is 4. The minimum atomic E-state index is -0.389. The van der Waals surface area contributed by atoms with E-state index < -0.39 is 0 Å². The quantitative estimate of drug-likeness (QED) is 0.643. The smallest absolute Gasteiger partial charge is 0.350 e. The van der Waals surface area contributed by atoms with E-state index in [1.807, 2.05) is 30.3 Å². The first kappa shape index (κ1) is 15.6. The molecule has 3 aromatic rings. The zero-order valence-corrected chi connectivity index (χ0v) is 13.9. The molecule has 0 bridgehead atoms. The van der Waals surface area contributed by atoms with Gasteiger partial charge in [-0.15, -0.1) is 11.3 Å². The highest BCUT2D eigenvalue weighted by molar-refractivity contribution is 7.17. The second kappa shape index (κ2) is 6.89. The van der Waals surface area contributed by atoms with Gasteiger partial charge in [0.05, 0.1) is 17.3 Å². The van der Waals surface area contributed by atoms with Gasteiger partial charge in [0.1, 0.15) is 9.88 Å². The first-order valence-corrected chi connectivity index (χ1v) is 8.23. The van der Waals surface area contributed by atoms with E-state index >= 15 is 0 Å². The molecule has 0 unspecified atom stereocenters. The summed E-state index contributed by atoms with van der Waals surface area (Å²) in [5.74, 6) is -0.389. The molecule has 0 N–H and O–H groups in total. The van der Waals surface area contributed by atoms with Crippen molar-refractivity contribution < 1.29 is 9.53 Å². The number of pyridine rings is 1. The number of thiazole rings is 1. The minimum absolute atomic E-state index is 0.309. The predicted molar refractivity (Wildman–Crippen MR) is 91.7 cm³/mol. The van der Waals surface area contributed by atoms with Crippen LogP contribution >= 0.6 is 22.9 Å². The lowest BCUT2D eigenvalue weighted by Crippen LogP contribution is -2.04. The van der Waals surface area contributed by atoms with Gasteiger partial charge in [-0.25, -0.2) is 9.78 Å². The van der Waals surface area contributed by atoms with Crippen molar-refractivity contribution in [2.75, 3.05) is 6.61 Å². The third-order valence-electron chi connectivity index (χ3n) is 3.14. The van der Waals surface area contributed by atoms with Gasteiger partial charge in [-0.3, -0.25) is 4.98 Å². The van der Waals surface area contributed by atoms with Crippen LogP contribution in [0.4, 0.5) is 0 Å². The SMILES string of the molecule is CCOC(=O)c1sc(-c2ccncc2)nc1-c1ccccc1Cl. The third kappa shape index (κ3) is 3.25. The molecule has 6 heteroatoms. The molecule has 0 saturated carbocycles. The van der Waals surface area contributed by atoms with Crippen molar-refractivity contribution in [3.63, 3.8) is 0 Å². The first-order valence-electron chi connectivity index (χ1n) is 7.04. The van der Waals surface area contributed by atoms with Crippen LogP contribution in [0, 0.1) is 0 Å². The molecule has 0 fully saturated rings. The maximum atomic E-state index is 12.3. The summed E-state index contributed by atoms with van der Waals surface area (Å²) in [5.41, 5.74) is 2.16. The van der Waals surface area contributed by atoms with E-state index in [0.717, 1.165) is 10.6 Å². The van der Waals surface area contributed by atoms with Gasteiger partial charge in [0.2, 0.25) is 0 Å². The fourth-order valence-electron chi connectivity index (χ4n) is 2.11. The maximum absolute atomic E-state index is 12.3. The van der Waals surface area contributed by atoms with Crippen molar-refractivity contribution >= 4 is 28.9 Å². The summed E-state index contributed by atoms with van der Waals surface area (Å²) in [6, 6.07) is 11.0. The van der Waals surface area contributed by atoms with Crippen LogP contribution in [0.5, 0.6) is 0 Å². The molecule has 0 radical (unpaired) electrons. The molecule has 2 aromatic heterocycles. The van der Waals surface area contributed by atoms with Crippen LogP contribution in [-0.2, 0) is 4.74 Å². The van der Waals surface area contributed by atoms with Gasteiger partial charge in [-0.05, 0) is 25.1 Å². The Labute approximate surface area is 142 Å². The van der Waals surface area contributed by atoms with Crippen LogP contribution in [0.25, 0.3) is 21.8 Å². The summed E-state index contributed by atoms with van der Waals surface area (Å²) in [6.07, 6.45) is 3.38. The average molecular weight is 345 g/mol. The molecular weight excluding hydrogens is 332 g/mol. The number of aromatic nitrogens is 2. The van der Waals surface area contributed by atoms with E-state index in [4.69, 9.17) is 16.3 Å². The molecule has 1 aromatic carbocycles. The van der Waals surface area contributed by atoms with Crippen LogP contribution in [0.1, 0.15) is 16.6 Å². The molecule has 3 rings (SSSR count). The number of hydrogen-bond donors (Lipinski definition) is 0. The van der Waals surface area contributed by atoms with Crippen LogP contribution in [0.15, 0.2) is 48.8 Å². The highest BCUT2D eigenvalue weighted by Crippen LogP contribution is 2.37. The summed E-state index contributed by atoms with van der Waals surface area (Å²) in [5, 5.41) is 1.27. The molecule has 0 aliphatic heterocycles. The van der Waals surface area contributed by atoms with Gasteiger partial charge < -0.3 is 4.74 Å². The Morgan fingerprint density at radius 3 is 2.65 bits per heavy atom. The van der Waals surface area contributed by atoms with Crippen molar-refractivity contribution in [2.45, 2.75) is 6.92 Å². The number of halogens is 1. The summed E-state index contributed by atoms with van der Waals surface area (Å²) >= 11 is 7.56. The number of nitrogens with zero attached hydrogens (tertiary/aromatic N) is 2. The number of carbonyl (C=O) groups is 1. The van der Waals surface area contributed by atoms with E-state index in [1.54, 1.807) is 25.4 Å². The lowest BCUT2D eigenvalue weighted by atomic mass is 10.1. The first-order chi connectivity index (χ1) is 11.2. The molecule has 0 spiro atoms. The van der Waals surface area contributed by atoms with Crippen LogP contribution in [-0.4, -0.2) is 22.5 Å². The van der Waals surface area contributed by atoms with E-state index in [1.165, 1.54) is 11.3 Å². The number of ether oxygens (including phenoxy) is 1. The van der Waals surface area contributed by atoms with Crippen molar-refractivity contribution in [2.24, 2.45) is 0 Å². The molecule has 23 heavy (non-hydrogen) atoms. The second-order valence-electron chi connectivity index (χ2n) is 4.63. The number of carbonyl (C=O) groups excluding carboxylic acids is 1.